The number of rotatable bonds is 4. The molecule has 1 aromatic carbocycles. The molecule has 0 aliphatic heterocycles. The Bertz CT molecular complexity index is 255. The maximum Gasteiger partial charge on any atom is 0.0440 e. The highest BCUT2D eigenvalue weighted by Crippen LogP contribution is 2.27. The highest BCUT2D eigenvalue weighted by atomic mass is 35.5. The van der Waals surface area contributed by atoms with Crippen LogP contribution in [0.25, 0.3) is 0 Å². The molecule has 0 radical (unpaired) electrons. The van der Waals surface area contributed by atoms with Crippen LogP contribution in [0.15, 0.2) is 24.3 Å². The fourth-order valence-electron chi connectivity index (χ4n) is 1.54. The molecule has 1 aromatic rings. The van der Waals surface area contributed by atoms with Gasteiger partial charge in [-0.2, -0.15) is 0 Å². The van der Waals surface area contributed by atoms with Crippen LogP contribution in [0.5, 0.6) is 0 Å². The van der Waals surface area contributed by atoms with Gasteiger partial charge in [-0.3, -0.25) is 0 Å². The van der Waals surface area contributed by atoms with Crippen molar-refractivity contribution in [3.05, 3.63) is 34.9 Å². The quantitative estimate of drug-likeness (QED) is 0.659. The van der Waals surface area contributed by atoms with E-state index in [1.165, 1.54) is 24.8 Å². The second kappa shape index (κ2) is 5.29. The topological polar surface area (TPSA) is 0 Å². The van der Waals surface area contributed by atoms with E-state index in [9.17, 15) is 0 Å². The molecule has 0 spiro atoms. The summed E-state index contributed by atoms with van der Waals surface area (Å²) in [4.78, 5) is 0. The third kappa shape index (κ3) is 3.04. The zero-order valence-electron chi connectivity index (χ0n) is 8.39. The van der Waals surface area contributed by atoms with E-state index in [2.05, 4.69) is 26.0 Å². The van der Waals surface area contributed by atoms with Crippen molar-refractivity contribution in [3.63, 3.8) is 0 Å². The summed E-state index contributed by atoms with van der Waals surface area (Å²) < 4.78 is 0. The monoisotopic (exact) mass is 196 g/mol. The number of halogens is 1. The summed E-state index contributed by atoms with van der Waals surface area (Å²) in [6, 6.07) is 8.14. The second-order valence-corrected chi connectivity index (χ2v) is 3.97. The first kappa shape index (κ1) is 10.6. The van der Waals surface area contributed by atoms with Gasteiger partial charge in [-0.15, -0.1) is 0 Å². The van der Waals surface area contributed by atoms with E-state index in [1.807, 2.05) is 12.1 Å². The smallest absolute Gasteiger partial charge is 0.0440 e. The fourth-order valence-corrected chi connectivity index (χ4v) is 1.86. The molecule has 1 rings (SSSR count). The lowest BCUT2D eigenvalue weighted by Gasteiger charge is -2.12. The Labute approximate surface area is 85.9 Å². The summed E-state index contributed by atoms with van der Waals surface area (Å²) in [5.74, 6) is 0.591. The van der Waals surface area contributed by atoms with E-state index in [0.717, 1.165) is 5.02 Å². The Morgan fingerprint density at radius 3 is 2.62 bits per heavy atom. The van der Waals surface area contributed by atoms with Gasteiger partial charge in [0.05, 0.1) is 0 Å². The molecule has 0 fully saturated rings. The number of hydrogen-bond acceptors (Lipinski definition) is 0. The lowest BCUT2D eigenvalue weighted by atomic mass is 9.96. The molecule has 1 unspecified atom stereocenters. The van der Waals surface area contributed by atoms with Gasteiger partial charge in [0.2, 0.25) is 0 Å². The van der Waals surface area contributed by atoms with Crippen LogP contribution in [0.1, 0.15) is 44.6 Å². The van der Waals surface area contributed by atoms with Gasteiger partial charge >= 0.3 is 0 Å². The van der Waals surface area contributed by atoms with Crippen molar-refractivity contribution in [1.82, 2.24) is 0 Å². The van der Waals surface area contributed by atoms with Crippen molar-refractivity contribution in [2.24, 2.45) is 0 Å². The normalized spacial score (nSPS) is 12.8. The van der Waals surface area contributed by atoms with E-state index in [1.54, 1.807) is 0 Å². The predicted molar refractivity (Wildman–Crippen MR) is 59.4 cm³/mol. The summed E-state index contributed by atoms with van der Waals surface area (Å²) in [5, 5.41) is 0.908. The fraction of sp³-hybridized carbons (Fsp3) is 0.500. The van der Waals surface area contributed by atoms with Crippen LogP contribution >= 0.6 is 11.6 Å². The van der Waals surface area contributed by atoms with Gasteiger partial charge in [0.1, 0.15) is 0 Å². The molecular weight excluding hydrogens is 180 g/mol. The largest absolute Gasteiger partial charge is 0.0840 e. The van der Waals surface area contributed by atoms with Crippen LogP contribution in [0.3, 0.4) is 0 Å². The first-order chi connectivity index (χ1) is 6.25. The van der Waals surface area contributed by atoms with Crippen molar-refractivity contribution in [2.45, 2.75) is 39.0 Å². The Morgan fingerprint density at radius 1 is 1.31 bits per heavy atom. The molecule has 0 heterocycles. The highest BCUT2D eigenvalue weighted by Gasteiger charge is 2.07. The minimum atomic E-state index is 0.591. The lowest BCUT2D eigenvalue weighted by molar-refractivity contribution is 0.624. The molecule has 72 valence electrons. The van der Waals surface area contributed by atoms with Gasteiger partial charge in [0.15, 0.2) is 0 Å². The molecule has 0 bridgehead atoms. The molecule has 0 aliphatic carbocycles. The standard InChI is InChI=1S/C12H17Cl/c1-3-4-7-10(2)11-8-5-6-9-12(11)13/h5-6,8-10H,3-4,7H2,1-2H3. The maximum atomic E-state index is 6.10. The van der Waals surface area contributed by atoms with E-state index in [4.69, 9.17) is 11.6 Å². The van der Waals surface area contributed by atoms with Crippen LogP contribution in [0.2, 0.25) is 5.02 Å². The molecule has 1 heteroatoms. The zero-order valence-corrected chi connectivity index (χ0v) is 9.14. The summed E-state index contributed by atoms with van der Waals surface area (Å²) >= 11 is 6.10. The molecule has 0 nitrogen and oxygen atoms in total. The average Bonchev–Trinajstić information content (AvgIpc) is 2.15. The molecule has 0 aromatic heterocycles. The van der Waals surface area contributed by atoms with Crippen molar-refractivity contribution >= 4 is 11.6 Å². The van der Waals surface area contributed by atoms with Crippen molar-refractivity contribution < 1.29 is 0 Å². The Hall–Kier alpha value is -0.490. The molecule has 0 saturated carbocycles. The Morgan fingerprint density at radius 2 is 2.00 bits per heavy atom. The van der Waals surface area contributed by atoms with Gasteiger partial charge < -0.3 is 0 Å². The van der Waals surface area contributed by atoms with Crippen LogP contribution in [0, 0.1) is 0 Å². The van der Waals surface area contributed by atoms with E-state index in [0.29, 0.717) is 5.92 Å². The van der Waals surface area contributed by atoms with Gasteiger partial charge in [0.25, 0.3) is 0 Å². The first-order valence-electron chi connectivity index (χ1n) is 5.00. The summed E-state index contributed by atoms with van der Waals surface area (Å²) in [5.41, 5.74) is 1.29. The summed E-state index contributed by atoms with van der Waals surface area (Å²) in [6.45, 7) is 4.47. The molecule has 1 atom stereocenters. The Kier molecular flexibility index (Phi) is 4.31. The SMILES string of the molecule is CCCCC(C)c1ccccc1Cl. The molecular formula is C12H17Cl. The third-order valence-electron chi connectivity index (χ3n) is 2.43. The number of unbranched alkanes of at least 4 members (excludes halogenated alkanes) is 1. The van der Waals surface area contributed by atoms with Crippen LogP contribution in [0.4, 0.5) is 0 Å². The van der Waals surface area contributed by atoms with E-state index < -0.39 is 0 Å². The van der Waals surface area contributed by atoms with Crippen molar-refractivity contribution in [3.8, 4) is 0 Å². The third-order valence-corrected chi connectivity index (χ3v) is 2.77. The molecule has 13 heavy (non-hydrogen) atoms. The van der Waals surface area contributed by atoms with Crippen molar-refractivity contribution in [1.29, 1.82) is 0 Å². The number of benzene rings is 1. The van der Waals surface area contributed by atoms with Crippen molar-refractivity contribution in [2.75, 3.05) is 0 Å². The average molecular weight is 197 g/mol. The van der Waals surface area contributed by atoms with Gasteiger partial charge in [-0.1, -0.05) is 56.5 Å². The van der Waals surface area contributed by atoms with Crippen LogP contribution < -0.4 is 0 Å². The minimum Gasteiger partial charge on any atom is -0.0840 e. The molecule has 0 aliphatic rings. The highest BCUT2D eigenvalue weighted by molar-refractivity contribution is 6.31. The molecule has 0 saturated heterocycles. The maximum absolute atomic E-state index is 6.10. The van der Waals surface area contributed by atoms with Crippen LogP contribution in [-0.2, 0) is 0 Å². The predicted octanol–water partition coefficient (Wildman–Crippen LogP) is 4.63. The molecule has 0 N–H and O–H groups in total. The summed E-state index contributed by atoms with van der Waals surface area (Å²) in [7, 11) is 0. The van der Waals surface area contributed by atoms with Crippen LogP contribution in [-0.4, -0.2) is 0 Å². The summed E-state index contributed by atoms with van der Waals surface area (Å²) in [6.07, 6.45) is 3.78. The lowest BCUT2D eigenvalue weighted by Crippen LogP contribution is -1.93. The first-order valence-corrected chi connectivity index (χ1v) is 5.38. The zero-order chi connectivity index (χ0) is 9.68. The number of hydrogen-bond donors (Lipinski definition) is 0. The van der Waals surface area contributed by atoms with E-state index >= 15 is 0 Å². The minimum absolute atomic E-state index is 0.591. The van der Waals surface area contributed by atoms with E-state index in [-0.39, 0.29) is 0 Å². The van der Waals surface area contributed by atoms with Gasteiger partial charge in [-0.05, 0) is 24.0 Å². The van der Waals surface area contributed by atoms with Gasteiger partial charge in [-0.25, -0.2) is 0 Å². The molecule has 0 amide bonds. The Balaban J connectivity index is 2.65. The van der Waals surface area contributed by atoms with Gasteiger partial charge in [0, 0.05) is 5.02 Å². The second-order valence-electron chi connectivity index (χ2n) is 3.56.